The molecule has 0 spiro atoms. The summed E-state index contributed by atoms with van der Waals surface area (Å²) in [6.07, 6.45) is 1.72. The first-order valence-corrected chi connectivity index (χ1v) is 11.3. The van der Waals surface area contributed by atoms with Crippen molar-refractivity contribution in [3.8, 4) is 17.1 Å². The number of furan rings is 1. The first kappa shape index (κ1) is 20.9. The van der Waals surface area contributed by atoms with Gasteiger partial charge in [0.2, 0.25) is 10.0 Å². The number of carbonyl (C=O) groups excluding carboxylic acids is 1. The van der Waals surface area contributed by atoms with Gasteiger partial charge in [-0.05, 0) is 78.5 Å². The average molecular weight is 456 g/mol. The Hall–Kier alpha value is -3.34. The van der Waals surface area contributed by atoms with E-state index in [2.05, 4.69) is 10.3 Å². The van der Waals surface area contributed by atoms with E-state index in [9.17, 15) is 13.2 Å². The summed E-state index contributed by atoms with van der Waals surface area (Å²) >= 11 is 1.02. The topological polar surface area (TPSA) is 124 Å². The Morgan fingerprint density at radius 3 is 2.42 bits per heavy atom. The second kappa shape index (κ2) is 8.42. The number of sulfonamides is 1. The lowest BCUT2D eigenvalue weighted by atomic mass is 10.2. The number of benzene rings is 2. The third-order valence-corrected chi connectivity index (χ3v) is 6.09. The van der Waals surface area contributed by atoms with E-state index in [1.165, 1.54) is 12.1 Å². The van der Waals surface area contributed by atoms with Gasteiger partial charge in [0, 0.05) is 5.56 Å². The fourth-order valence-electron chi connectivity index (χ4n) is 2.82. The van der Waals surface area contributed by atoms with Crippen molar-refractivity contribution in [3.63, 3.8) is 0 Å². The van der Waals surface area contributed by atoms with Crippen LogP contribution >= 0.6 is 11.8 Å². The molecule has 1 aliphatic rings. The van der Waals surface area contributed by atoms with Crippen molar-refractivity contribution >= 4 is 44.6 Å². The number of amides is 1. The summed E-state index contributed by atoms with van der Waals surface area (Å²) in [5, 5.41) is 7.61. The third kappa shape index (κ3) is 4.88. The third-order valence-electron chi connectivity index (χ3n) is 4.34. The monoisotopic (exact) mass is 455 g/mol. The minimum atomic E-state index is -3.76. The molecule has 1 saturated heterocycles. The van der Waals surface area contributed by atoms with Crippen molar-refractivity contribution < 1.29 is 22.4 Å². The summed E-state index contributed by atoms with van der Waals surface area (Å²) in [5.74, 6) is 2.20. The van der Waals surface area contributed by atoms with Gasteiger partial charge in [-0.2, -0.15) is 0 Å². The Labute approximate surface area is 182 Å². The maximum Gasteiger partial charge on any atom is 0.289 e. The molecule has 1 amide bonds. The van der Waals surface area contributed by atoms with Crippen LogP contribution in [0.2, 0.25) is 0 Å². The van der Waals surface area contributed by atoms with Crippen LogP contribution in [0.3, 0.4) is 0 Å². The summed E-state index contributed by atoms with van der Waals surface area (Å²) in [6.45, 7) is 0. The molecule has 3 N–H and O–H groups in total. The maximum atomic E-state index is 11.9. The van der Waals surface area contributed by atoms with E-state index >= 15 is 0 Å². The van der Waals surface area contributed by atoms with Crippen LogP contribution in [0.25, 0.3) is 17.4 Å². The molecule has 8 nitrogen and oxygen atoms in total. The van der Waals surface area contributed by atoms with E-state index in [-0.39, 0.29) is 10.1 Å². The zero-order valence-electron chi connectivity index (χ0n) is 16.2. The lowest BCUT2D eigenvalue weighted by Crippen LogP contribution is -2.18. The SMILES string of the molecule is COc1ccc(N=C2NC(=O)SC2=Cc2ccc(-c3ccc(S(N)(=O)=O)cc3)o2)cc1. The molecule has 1 aliphatic heterocycles. The number of hydrogen-bond acceptors (Lipinski definition) is 7. The molecule has 0 unspecified atom stereocenters. The van der Waals surface area contributed by atoms with Gasteiger partial charge < -0.3 is 14.5 Å². The molecule has 0 aliphatic carbocycles. The van der Waals surface area contributed by atoms with Gasteiger partial charge in [-0.25, -0.2) is 18.5 Å². The smallest absolute Gasteiger partial charge is 0.289 e. The number of rotatable bonds is 5. The van der Waals surface area contributed by atoms with E-state index in [1.54, 1.807) is 61.7 Å². The van der Waals surface area contributed by atoms with Crippen LogP contribution in [0.4, 0.5) is 10.5 Å². The van der Waals surface area contributed by atoms with Crippen molar-refractivity contribution in [2.75, 3.05) is 7.11 Å². The van der Waals surface area contributed by atoms with Crippen LogP contribution in [-0.2, 0) is 10.0 Å². The van der Waals surface area contributed by atoms with Crippen molar-refractivity contribution in [2.45, 2.75) is 4.90 Å². The highest BCUT2D eigenvalue weighted by Gasteiger charge is 2.24. The van der Waals surface area contributed by atoms with E-state index in [0.717, 1.165) is 11.8 Å². The van der Waals surface area contributed by atoms with Gasteiger partial charge in [-0.3, -0.25) is 4.79 Å². The molecule has 2 aromatic carbocycles. The Bertz CT molecular complexity index is 1290. The number of hydrogen-bond donors (Lipinski definition) is 2. The van der Waals surface area contributed by atoms with Gasteiger partial charge in [0.05, 0.1) is 22.6 Å². The van der Waals surface area contributed by atoms with Gasteiger partial charge in [0.15, 0.2) is 0 Å². The van der Waals surface area contributed by atoms with Crippen LogP contribution in [0.15, 0.2) is 79.9 Å². The van der Waals surface area contributed by atoms with Crippen molar-refractivity contribution in [1.29, 1.82) is 0 Å². The first-order chi connectivity index (χ1) is 14.8. The normalized spacial score (nSPS) is 16.6. The molecule has 0 saturated carbocycles. The number of amidine groups is 1. The highest BCUT2D eigenvalue weighted by Crippen LogP contribution is 2.31. The van der Waals surface area contributed by atoms with Gasteiger partial charge in [-0.15, -0.1) is 0 Å². The van der Waals surface area contributed by atoms with Crippen molar-refractivity contribution in [3.05, 3.63) is 71.3 Å². The second-order valence-corrected chi connectivity index (χ2v) is 9.03. The number of carbonyl (C=O) groups is 1. The summed E-state index contributed by atoms with van der Waals surface area (Å²) < 4.78 is 33.8. The molecule has 0 atom stereocenters. The molecule has 3 aromatic rings. The van der Waals surface area contributed by atoms with Crippen LogP contribution in [-0.4, -0.2) is 26.6 Å². The maximum absolute atomic E-state index is 11.9. The standard InChI is InChI=1S/C21H17N3O5S2/c1-28-15-6-4-14(5-7-15)23-20-19(30-21(25)24-20)12-16-8-11-18(29-16)13-2-9-17(10-3-13)31(22,26)27/h2-12H,1H3,(H2,22,26,27)(H,23,24,25). The van der Waals surface area contributed by atoms with Crippen molar-refractivity contribution in [1.82, 2.24) is 5.32 Å². The van der Waals surface area contributed by atoms with Gasteiger partial charge in [0.1, 0.15) is 23.1 Å². The zero-order chi connectivity index (χ0) is 22.0. The first-order valence-electron chi connectivity index (χ1n) is 8.98. The van der Waals surface area contributed by atoms with Gasteiger partial charge >= 0.3 is 0 Å². The predicted molar refractivity (Wildman–Crippen MR) is 120 cm³/mol. The summed E-state index contributed by atoms with van der Waals surface area (Å²) in [7, 11) is -2.17. The largest absolute Gasteiger partial charge is 0.497 e. The minimum Gasteiger partial charge on any atom is -0.497 e. The molecule has 10 heteroatoms. The highest BCUT2D eigenvalue weighted by molar-refractivity contribution is 8.18. The van der Waals surface area contributed by atoms with E-state index in [0.29, 0.717) is 39.3 Å². The molecule has 2 heterocycles. The number of nitrogens with zero attached hydrogens (tertiary/aromatic N) is 1. The fourth-order valence-corrected chi connectivity index (χ4v) is 4.05. The average Bonchev–Trinajstić information content (AvgIpc) is 3.35. The zero-order valence-corrected chi connectivity index (χ0v) is 17.9. The second-order valence-electron chi connectivity index (χ2n) is 6.45. The Morgan fingerprint density at radius 2 is 1.77 bits per heavy atom. The van der Waals surface area contributed by atoms with E-state index < -0.39 is 10.0 Å². The molecule has 0 bridgehead atoms. The number of nitrogens with two attached hydrogens (primary N) is 1. The summed E-state index contributed by atoms with van der Waals surface area (Å²) in [6, 6.07) is 16.7. The number of primary sulfonamides is 1. The summed E-state index contributed by atoms with van der Waals surface area (Å²) in [5.41, 5.74) is 1.36. The van der Waals surface area contributed by atoms with E-state index in [1.807, 2.05) is 0 Å². The van der Waals surface area contributed by atoms with Crippen LogP contribution in [0.5, 0.6) is 5.75 Å². The lowest BCUT2D eigenvalue weighted by molar-refractivity contribution is 0.265. The molecule has 31 heavy (non-hydrogen) atoms. The molecular formula is C21H17N3O5S2. The predicted octanol–water partition coefficient (Wildman–Crippen LogP) is 4.13. The number of aliphatic imine (C=N–C) groups is 1. The number of nitrogens with one attached hydrogen (secondary N) is 1. The minimum absolute atomic E-state index is 0.0245. The molecule has 0 radical (unpaired) electrons. The van der Waals surface area contributed by atoms with Gasteiger partial charge in [0.25, 0.3) is 5.24 Å². The quantitative estimate of drug-likeness (QED) is 0.596. The number of ether oxygens (including phenoxy) is 1. The highest BCUT2D eigenvalue weighted by atomic mass is 32.2. The Kier molecular flexibility index (Phi) is 5.68. The van der Waals surface area contributed by atoms with Gasteiger partial charge in [-0.1, -0.05) is 0 Å². The molecule has 158 valence electrons. The van der Waals surface area contributed by atoms with Crippen molar-refractivity contribution in [2.24, 2.45) is 10.1 Å². The molecular weight excluding hydrogens is 438 g/mol. The number of thioether (sulfide) groups is 1. The molecule has 1 fully saturated rings. The summed E-state index contributed by atoms with van der Waals surface area (Å²) in [4.78, 5) is 17.0. The molecule has 1 aromatic heterocycles. The lowest BCUT2D eigenvalue weighted by Gasteiger charge is -2.01. The van der Waals surface area contributed by atoms with Crippen LogP contribution in [0.1, 0.15) is 5.76 Å². The Morgan fingerprint density at radius 1 is 1.06 bits per heavy atom. The van der Waals surface area contributed by atoms with E-state index in [4.69, 9.17) is 14.3 Å². The van der Waals surface area contributed by atoms with Crippen LogP contribution in [0, 0.1) is 0 Å². The molecule has 4 rings (SSSR count). The fraction of sp³-hybridized carbons (Fsp3) is 0.0476. The van der Waals surface area contributed by atoms with Crippen LogP contribution < -0.4 is 15.2 Å². The Balaban J connectivity index is 1.59. The number of methoxy groups -OCH3 is 1.